The molecular formula is C15H21BO6S. The van der Waals surface area contributed by atoms with E-state index < -0.39 is 22.0 Å². The Morgan fingerprint density at radius 2 is 1.78 bits per heavy atom. The van der Waals surface area contributed by atoms with Gasteiger partial charge in [0.15, 0.2) is 5.79 Å². The van der Waals surface area contributed by atoms with E-state index in [0.717, 1.165) is 5.56 Å². The van der Waals surface area contributed by atoms with Crippen molar-refractivity contribution in [2.24, 2.45) is 0 Å². The van der Waals surface area contributed by atoms with Gasteiger partial charge in [-0.1, -0.05) is 17.7 Å². The molecule has 0 aromatic heterocycles. The second kappa shape index (κ2) is 5.86. The molecule has 0 spiro atoms. The fourth-order valence-corrected chi connectivity index (χ4v) is 3.88. The van der Waals surface area contributed by atoms with Crippen LogP contribution in [0.3, 0.4) is 0 Å². The average Bonchev–Trinajstić information content (AvgIpc) is 2.92. The summed E-state index contributed by atoms with van der Waals surface area (Å²) in [5.74, 6) is -0.693. The molecule has 8 heteroatoms. The third-order valence-electron chi connectivity index (χ3n) is 4.08. The van der Waals surface area contributed by atoms with E-state index in [1.807, 2.05) is 28.6 Å². The molecule has 2 unspecified atom stereocenters. The Morgan fingerprint density at radius 1 is 1.17 bits per heavy atom. The SMILES string of the molecule is B[C@@H]1O[C@H](COS(=O)(=O)c2ccc(C)cc2)C2OC(C)(C)OC21. The van der Waals surface area contributed by atoms with Gasteiger partial charge in [0.25, 0.3) is 10.1 Å². The molecule has 126 valence electrons. The van der Waals surface area contributed by atoms with E-state index in [9.17, 15) is 8.42 Å². The molecule has 0 N–H and O–H groups in total. The summed E-state index contributed by atoms with van der Waals surface area (Å²) in [5, 5.41) is 0. The Hall–Kier alpha value is -0.925. The van der Waals surface area contributed by atoms with Gasteiger partial charge in [0, 0.05) is 0 Å². The highest BCUT2D eigenvalue weighted by Crippen LogP contribution is 2.38. The van der Waals surface area contributed by atoms with E-state index in [2.05, 4.69) is 0 Å². The first-order chi connectivity index (χ1) is 10.7. The van der Waals surface area contributed by atoms with Crippen LogP contribution in [0.4, 0.5) is 0 Å². The highest BCUT2D eigenvalue weighted by atomic mass is 32.2. The fraction of sp³-hybridized carbons (Fsp3) is 0.600. The maximum atomic E-state index is 12.3. The van der Waals surface area contributed by atoms with Gasteiger partial charge >= 0.3 is 0 Å². The zero-order valence-electron chi connectivity index (χ0n) is 13.7. The summed E-state index contributed by atoms with van der Waals surface area (Å²) in [6, 6.07) is 6.36. The van der Waals surface area contributed by atoms with Crippen LogP contribution in [-0.2, 0) is 28.5 Å². The molecule has 0 bridgehead atoms. The van der Waals surface area contributed by atoms with Crippen LogP contribution >= 0.6 is 0 Å². The van der Waals surface area contributed by atoms with Gasteiger partial charge in [-0.2, -0.15) is 8.42 Å². The molecule has 23 heavy (non-hydrogen) atoms. The predicted octanol–water partition coefficient (Wildman–Crippen LogP) is 0.578. The molecule has 1 aromatic carbocycles. The van der Waals surface area contributed by atoms with Crippen LogP contribution in [0.1, 0.15) is 19.4 Å². The van der Waals surface area contributed by atoms with Gasteiger partial charge < -0.3 is 14.2 Å². The van der Waals surface area contributed by atoms with Crippen LogP contribution in [0.2, 0.25) is 0 Å². The highest BCUT2D eigenvalue weighted by Gasteiger charge is 2.53. The fourth-order valence-electron chi connectivity index (χ4n) is 2.96. The van der Waals surface area contributed by atoms with Crippen molar-refractivity contribution in [3.63, 3.8) is 0 Å². The first-order valence-corrected chi connectivity index (χ1v) is 9.06. The van der Waals surface area contributed by atoms with Gasteiger partial charge in [0.05, 0.1) is 17.5 Å². The molecule has 2 heterocycles. The number of aryl methyl sites for hydroxylation is 1. The van der Waals surface area contributed by atoms with Gasteiger partial charge in [-0.15, -0.1) is 0 Å². The molecule has 0 aliphatic carbocycles. The minimum atomic E-state index is -3.82. The molecule has 2 aliphatic rings. The van der Waals surface area contributed by atoms with Crippen LogP contribution < -0.4 is 0 Å². The molecule has 3 rings (SSSR count). The Bertz CT molecular complexity index is 672. The Kier molecular flexibility index (Phi) is 4.31. The molecule has 6 nitrogen and oxygen atoms in total. The van der Waals surface area contributed by atoms with Gasteiger partial charge in [-0.25, -0.2) is 0 Å². The maximum absolute atomic E-state index is 12.3. The van der Waals surface area contributed by atoms with E-state index in [1.54, 1.807) is 12.1 Å². The maximum Gasteiger partial charge on any atom is 0.297 e. The highest BCUT2D eigenvalue weighted by molar-refractivity contribution is 7.86. The summed E-state index contributed by atoms with van der Waals surface area (Å²) < 4.78 is 47.0. The van der Waals surface area contributed by atoms with Gasteiger partial charge in [0.2, 0.25) is 0 Å². The number of fused-ring (bicyclic) bond motifs is 1. The van der Waals surface area contributed by atoms with Crippen molar-refractivity contribution in [3.05, 3.63) is 29.8 Å². The van der Waals surface area contributed by atoms with Crippen molar-refractivity contribution in [1.82, 2.24) is 0 Å². The van der Waals surface area contributed by atoms with Crippen LogP contribution in [-0.4, -0.2) is 53.0 Å². The van der Waals surface area contributed by atoms with Gasteiger partial charge in [-0.3, -0.25) is 4.18 Å². The van der Waals surface area contributed by atoms with Crippen LogP contribution in [0, 0.1) is 6.92 Å². The summed E-state index contributed by atoms with van der Waals surface area (Å²) in [5.41, 5.74) is 0.985. The summed E-state index contributed by atoms with van der Waals surface area (Å²) in [6.45, 7) is 5.46. The number of hydrogen-bond donors (Lipinski definition) is 0. The predicted molar refractivity (Wildman–Crippen MR) is 85.3 cm³/mol. The third-order valence-corrected chi connectivity index (χ3v) is 5.38. The van der Waals surface area contributed by atoms with E-state index in [4.69, 9.17) is 18.4 Å². The Balaban J connectivity index is 1.67. The largest absolute Gasteiger partial charge is 0.376 e. The average molecular weight is 340 g/mol. The number of ether oxygens (including phenoxy) is 3. The van der Waals surface area contributed by atoms with Crippen LogP contribution in [0.5, 0.6) is 0 Å². The molecule has 4 atom stereocenters. The Labute approximate surface area is 137 Å². The van der Waals surface area contributed by atoms with Gasteiger partial charge in [0.1, 0.15) is 26.2 Å². The number of rotatable bonds is 4. The lowest BCUT2D eigenvalue weighted by molar-refractivity contribution is -0.181. The van der Waals surface area contributed by atoms with Crippen LogP contribution in [0.15, 0.2) is 29.2 Å². The van der Waals surface area contributed by atoms with Crippen LogP contribution in [0.25, 0.3) is 0 Å². The van der Waals surface area contributed by atoms with Crippen molar-refractivity contribution in [3.8, 4) is 0 Å². The Morgan fingerprint density at radius 3 is 2.43 bits per heavy atom. The van der Waals surface area contributed by atoms with E-state index >= 15 is 0 Å². The first kappa shape index (κ1) is 16.9. The second-order valence-corrected chi connectivity index (χ2v) is 8.11. The van der Waals surface area contributed by atoms with Crippen molar-refractivity contribution in [1.29, 1.82) is 0 Å². The molecular weight excluding hydrogens is 319 g/mol. The first-order valence-electron chi connectivity index (χ1n) is 7.65. The third kappa shape index (κ3) is 3.46. The molecule has 2 aliphatic heterocycles. The number of benzene rings is 1. The van der Waals surface area contributed by atoms with Crippen molar-refractivity contribution in [2.45, 2.75) is 55.8 Å². The minimum absolute atomic E-state index is 0.0961. The summed E-state index contributed by atoms with van der Waals surface area (Å²) >= 11 is 0. The quantitative estimate of drug-likeness (QED) is 0.590. The normalized spacial score (nSPS) is 32.8. The van der Waals surface area contributed by atoms with E-state index in [1.165, 1.54) is 12.1 Å². The zero-order chi connectivity index (χ0) is 16.8. The standard InChI is InChI=1S/C15H21BO6S/c1-9-4-6-10(7-5-9)23(17,18)19-8-11-12-13(14(16)20-11)22-15(2,3)21-12/h4-7,11-14H,8,16H2,1-3H3/t11-,12?,13?,14-/m1/s1. The molecule has 2 fully saturated rings. The van der Waals surface area contributed by atoms with E-state index in [-0.39, 0.29) is 29.7 Å². The smallest absolute Gasteiger partial charge is 0.297 e. The molecule has 2 saturated heterocycles. The zero-order valence-corrected chi connectivity index (χ0v) is 14.5. The van der Waals surface area contributed by atoms with Gasteiger partial charge in [-0.05, 0) is 32.9 Å². The lowest BCUT2D eigenvalue weighted by Crippen LogP contribution is -2.33. The molecule has 0 radical (unpaired) electrons. The number of hydrogen-bond acceptors (Lipinski definition) is 6. The second-order valence-electron chi connectivity index (χ2n) is 6.50. The molecule has 0 saturated carbocycles. The lowest BCUT2D eigenvalue weighted by Gasteiger charge is -2.23. The summed E-state index contributed by atoms with van der Waals surface area (Å²) in [7, 11) is -1.93. The van der Waals surface area contributed by atoms with E-state index in [0.29, 0.717) is 0 Å². The summed E-state index contributed by atoms with van der Waals surface area (Å²) in [6.07, 6.45) is -1.01. The molecule has 1 aromatic rings. The molecule has 0 amide bonds. The minimum Gasteiger partial charge on any atom is -0.376 e. The lowest BCUT2D eigenvalue weighted by atomic mass is 9.93. The van der Waals surface area contributed by atoms with Crippen molar-refractivity contribution >= 4 is 18.0 Å². The van der Waals surface area contributed by atoms with Crippen molar-refractivity contribution < 1.29 is 26.8 Å². The monoisotopic (exact) mass is 340 g/mol. The topological polar surface area (TPSA) is 71.1 Å². The van der Waals surface area contributed by atoms with Crippen molar-refractivity contribution in [2.75, 3.05) is 6.61 Å². The summed E-state index contributed by atoms with van der Waals surface area (Å²) in [4.78, 5) is 0.134.